The van der Waals surface area contributed by atoms with Crippen molar-refractivity contribution in [3.8, 4) is 16.9 Å². The highest BCUT2D eigenvalue weighted by Gasteiger charge is 2.25. The van der Waals surface area contributed by atoms with Crippen LogP contribution < -0.4 is 10.1 Å². The maximum Gasteiger partial charge on any atom is 0.335 e. The second-order valence-electron chi connectivity index (χ2n) is 6.01. The van der Waals surface area contributed by atoms with Gasteiger partial charge < -0.3 is 15.2 Å². The first-order chi connectivity index (χ1) is 11.4. The highest BCUT2D eigenvalue weighted by Crippen LogP contribution is 2.37. The maximum absolute atomic E-state index is 12.3. The smallest absolute Gasteiger partial charge is 0.335 e. The van der Waals surface area contributed by atoms with E-state index >= 15 is 0 Å². The lowest BCUT2D eigenvalue weighted by Gasteiger charge is -2.13. The Labute approximate surface area is 139 Å². The topological polar surface area (TPSA) is 93.5 Å². The van der Waals surface area contributed by atoms with Gasteiger partial charge in [0.1, 0.15) is 12.4 Å². The Balaban J connectivity index is 2.26. The fourth-order valence-electron chi connectivity index (χ4n) is 2.70. The number of hydrogen-bond donors (Lipinski definition) is 2. The fourth-order valence-corrected chi connectivity index (χ4v) is 2.70. The third-order valence-electron chi connectivity index (χ3n) is 3.95. The van der Waals surface area contributed by atoms with E-state index in [1.165, 1.54) is 12.1 Å². The van der Waals surface area contributed by atoms with Crippen molar-refractivity contribution < 1.29 is 19.4 Å². The van der Waals surface area contributed by atoms with Gasteiger partial charge in [0.25, 0.3) is 5.91 Å². The molecule has 2 heterocycles. The Bertz CT molecular complexity index is 823. The molecule has 1 aliphatic rings. The minimum atomic E-state index is -1.09. The number of rotatable bonds is 3. The van der Waals surface area contributed by atoms with Gasteiger partial charge in [0.2, 0.25) is 0 Å². The molecule has 0 spiro atoms. The second-order valence-corrected chi connectivity index (χ2v) is 6.01. The molecule has 1 aromatic heterocycles. The van der Waals surface area contributed by atoms with E-state index in [2.05, 4.69) is 10.4 Å². The average molecular weight is 329 g/mol. The van der Waals surface area contributed by atoms with Gasteiger partial charge in [-0.15, -0.1) is 0 Å². The second kappa shape index (κ2) is 5.99. The van der Waals surface area contributed by atoms with Crippen molar-refractivity contribution >= 4 is 11.9 Å². The SMILES string of the molecule is Cc1nn(C(C)C)cc1-c1cc(C(=O)O)cc2c1OCCNC2=O. The number of fused-ring (bicyclic) bond motifs is 1. The monoisotopic (exact) mass is 329 g/mol. The van der Waals surface area contributed by atoms with Gasteiger partial charge in [-0.1, -0.05) is 0 Å². The van der Waals surface area contributed by atoms with E-state index < -0.39 is 5.97 Å². The average Bonchev–Trinajstić information content (AvgIpc) is 2.82. The summed E-state index contributed by atoms with van der Waals surface area (Å²) in [6, 6.07) is 3.06. The molecule has 0 atom stereocenters. The van der Waals surface area contributed by atoms with Crippen LogP contribution in [0.2, 0.25) is 0 Å². The molecular formula is C17H19N3O4. The van der Waals surface area contributed by atoms with Crippen molar-refractivity contribution in [1.82, 2.24) is 15.1 Å². The van der Waals surface area contributed by atoms with Crippen molar-refractivity contribution in [3.63, 3.8) is 0 Å². The van der Waals surface area contributed by atoms with Gasteiger partial charge in [0.05, 0.1) is 23.4 Å². The highest BCUT2D eigenvalue weighted by atomic mass is 16.5. The minimum absolute atomic E-state index is 0.0427. The number of amides is 1. The van der Waals surface area contributed by atoms with Gasteiger partial charge in [-0.05, 0) is 32.9 Å². The third kappa shape index (κ3) is 2.73. The Hall–Kier alpha value is -2.83. The Morgan fingerprint density at radius 3 is 2.67 bits per heavy atom. The van der Waals surface area contributed by atoms with Gasteiger partial charge in [-0.3, -0.25) is 9.48 Å². The number of aromatic carboxylic acids is 1. The van der Waals surface area contributed by atoms with Crippen LogP contribution in [0.1, 0.15) is 46.3 Å². The zero-order valence-electron chi connectivity index (χ0n) is 13.8. The largest absolute Gasteiger partial charge is 0.490 e. The summed E-state index contributed by atoms with van der Waals surface area (Å²) in [5, 5.41) is 16.6. The first-order valence-electron chi connectivity index (χ1n) is 7.77. The standard InChI is InChI=1S/C17H19N3O4/c1-9(2)20-8-14(10(3)19-20)12-6-11(17(22)23)7-13-15(12)24-5-4-18-16(13)21/h6-9H,4-5H2,1-3H3,(H,18,21)(H,22,23). The first kappa shape index (κ1) is 16.0. The van der Waals surface area contributed by atoms with Crippen molar-refractivity contribution in [2.24, 2.45) is 0 Å². The molecule has 2 N–H and O–H groups in total. The van der Waals surface area contributed by atoms with Crippen LogP contribution in [0.3, 0.4) is 0 Å². The van der Waals surface area contributed by atoms with E-state index in [0.717, 1.165) is 11.3 Å². The summed E-state index contributed by atoms with van der Waals surface area (Å²) < 4.78 is 7.56. The molecule has 0 bridgehead atoms. The quantitative estimate of drug-likeness (QED) is 0.901. The van der Waals surface area contributed by atoms with Gasteiger partial charge in [0, 0.05) is 23.4 Å². The van der Waals surface area contributed by atoms with E-state index in [1.54, 1.807) is 4.68 Å². The molecule has 0 aliphatic carbocycles. The molecule has 126 valence electrons. The van der Waals surface area contributed by atoms with Crippen LogP contribution in [-0.2, 0) is 0 Å². The lowest BCUT2D eigenvalue weighted by Crippen LogP contribution is -2.24. The summed E-state index contributed by atoms with van der Waals surface area (Å²) in [6.45, 7) is 6.57. The first-order valence-corrected chi connectivity index (χ1v) is 7.77. The number of carbonyl (C=O) groups excluding carboxylic acids is 1. The number of benzene rings is 1. The molecular weight excluding hydrogens is 310 g/mol. The van der Waals surface area contributed by atoms with E-state index in [0.29, 0.717) is 24.5 Å². The van der Waals surface area contributed by atoms with Gasteiger partial charge in [0.15, 0.2) is 0 Å². The van der Waals surface area contributed by atoms with Crippen LogP contribution in [0, 0.1) is 6.92 Å². The number of carboxylic acid groups (broad SMARTS) is 1. The van der Waals surface area contributed by atoms with E-state index in [9.17, 15) is 14.7 Å². The van der Waals surface area contributed by atoms with E-state index in [-0.39, 0.29) is 23.1 Å². The molecule has 2 aromatic rings. The van der Waals surface area contributed by atoms with Crippen LogP contribution >= 0.6 is 0 Å². The molecule has 0 saturated heterocycles. The maximum atomic E-state index is 12.3. The van der Waals surface area contributed by atoms with Crippen LogP contribution in [0.25, 0.3) is 11.1 Å². The summed E-state index contributed by atoms with van der Waals surface area (Å²) in [4.78, 5) is 23.7. The zero-order valence-corrected chi connectivity index (χ0v) is 13.8. The molecule has 1 aromatic carbocycles. The van der Waals surface area contributed by atoms with E-state index in [1.807, 2.05) is 27.0 Å². The lowest BCUT2D eigenvalue weighted by atomic mass is 9.98. The van der Waals surface area contributed by atoms with Crippen molar-refractivity contribution in [1.29, 1.82) is 0 Å². The Morgan fingerprint density at radius 1 is 1.33 bits per heavy atom. The normalized spacial score (nSPS) is 13.9. The molecule has 0 unspecified atom stereocenters. The summed E-state index contributed by atoms with van der Waals surface area (Å²) in [7, 11) is 0. The Kier molecular flexibility index (Phi) is 4.01. The molecule has 1 aliphatic heterocycles. The van der Waals surface area contributed by atoms with Crippen molar-refractivity contribution in [2.45, 2.75) is 26.8 Å². The van der Waals surface area contributed by atoms with Crippen LogP contribution in [0.4, 0.5) is 0 Å². The van der Waals surface area contributed by atoms with Crippen molar-refractivity contribution in [2.75, 3.05) is 13.2 Å². The summed E-state index contributed by atoms with van der Waals surface area (Å²) in [5.74, 6) is -1.02. The molecule has 7 nitrogen and oxygen atoms in total. The van der Waals surface area contributed by atoms with Gasteiger partial charge >= 0.3 is 5.97 Å². The van der Waals surface area contributed by atoms with Gasteiger partial charge in [-0.25, -0.2) is 4.79 Å². The minimum Gasteiger partial charge on any atom is -0.490 e. The molecule has 0 radical (unpaired) electrons. The van der Waals surface area contributed by atoms with Crippen molar-refractivity contribution in [3.05, 3.63) is 35.2 Å². The van der Waals surface area contributed by atoms with E-state index in [4.69, 9.17) is 4.74 Å². The fraction of sp³-hybridized carbons (Fsp3) is 0.353. The number of carbonyl (C=O) groups is 2. The number of aryl methyl sites for hydroxylation is 1. The summed E-state index contributed by atoms with van der Waals surface area (Å²) in [5.41, 5.74) is 2.37. The molecule has 1 amide bonds. The molecule has 0 fully saturated rings. The predicted molar refractivity (Wildman–Crippen MR) is 87.6 cm³/mol. The van der Waals surface area contributed by atoms with Crippen LogP contribution in [0.5, 0.6) is 5.75 Å². The highest BCUT2D eigenvalue weighted by molar-refractivity contribution is 6.03. The number of nitrogens with one attached hydrogen (secondary N) is 1. The third-order valence-corrected chi connectivity index (χ3v) is 3.95. The predicted octanol–water partition coefficient (Wildman–Crippen LogP) is 2.26. The zero-order chi connectivity index (χ0) is 17.4. The van der Waals surface area contributed by atoms with Gasteiger partial charge in [-0.2, -0.15) is 5.10 Å². The van der Waals surface area contributed by atoms with Crippen LogP contribution in [-0.4, -0.2) is 39.9 Å². The number of hydrogen-bond acceptors (Lipinski definition) is 4. The number of aromatic nitrogens is 2. The molecule has 3 rings (SSSR count). The molecule has 0 saturated carbocycles. The Morgan fingerprint density at radius 2 is 2.04 bits per heavy atom. The molecule has 7 heteroatoms. The van der Waals surface area contributed by atoms with Crippen LogP contribution in [0.15, 0.2) is 18.3 Å². The lowest BCUT2D eigenvalue weighted by molar-refractivity contribution is 0.0697. The number of nitrogens with zero attached hydrogens (tertiary/aromatic N) is 2. The molecule has 24 heavy (non-hydrogen) atoms. The summed E-state index contributed by atoms with van der Waals surface area (Å²) >= 11 is 0. The summed E-state index contributed by atoms with van der Waals surface area (Å²) in [6.07, 6.45) is 1.85. The number of ether oxygens (including phenoxy) is 1. The number of carboxylic acids is 1.